The van der Waals surface area contributed by atoms with Crippen molar-refractivity contribution in [2.75, 3.05) is 13.1 Å². The predicted octanol–water partition coefficient (Wildman–Crippen LogP) is 1.43. The number of aromatic nitrogens is 2. The monoisotopic (exact) mass is 336 g/mol. The number of halogens is 1. The average molecular weight is 337 g/mol. The van der Waals surface area contributed by atoms with E-state index in [0.29, 0.717) is 19.1 Å². The number of imidazole rings is 1. The quantitative estimate of drug-likeness (QED) is 0.608. The first-order valence-corrected chi connectivity index (χ1v) is 8.77. The molecule has 0 atom stereocenters. The van der Waals surface area contributed by atoms with Crippen LogP contribution in [0.5, 0.6) is 0 Å². The lowest BCUT2D eigenvalue weighted by molar-refractivity contribution is 0.461. The molecule has 1 aromatic rings. The van der Waals surface area contributed by atoms with Crippen molar-refractivity contribution in [2.45, 2.75) is 49.6 Å². The maximum atomic E-state index is 11.9. The van der Waals surface area contributed by atoms with Crippen LogP contribution in [0, 0.1) is 0 Å². The van der Waals surface area contributed by atoms with Gasteiger partial charge in [-0.05, 0) is 12.8 Å². The van der Waals surface area contributed by atoms with E-state index >= 15 is 0 Å². The lowest BCUT2D eigenvalue weighted by Crippen LogP contribution is -2.36. The van der Waals surface area contributed by atoms with E-state index in [2.05, 4.69) is 15.0 Å². The van der Waals surface area contributed by atoms with Crippen molar-refractivity contribution in [1.29, 1.82) is 0 Å². The highest BCUT2D eigenvalue weighted by Crippen LogP contribution is 2.16. The largest absolute Gasteiger partial charge is 0.339 e. The number of hydrogen-bond acceptors (Lipinski definition) is 4. The Balaban J connectivity index is 0.00000220. The lowest BCUT2D eigenvalue weighted by Gasteiger charge is -2.16. The second-order valence-corrected chi connectivity index (χ2v) is 7.13. The van der Waals surface area contributed by atoms with Crippen molar-refractivity contribution in [3.8, 4) is 0 Å². The Morgan fingerprint density at radius 2 is 1.90 bits per heavy atom. The van der Waals surface area contributed by atoms with Gasteiger partial charge in [0.25, 0.3) is 10.0 Å². The highest BCUT2D eigenvalue weighted by atomic mass is 35.5. The SMILES string of the molecule is Cl.Cn1cnc(S(=O)(=O)NCCNC2CCCCCC2)c1. The molecule has 0 saturated heterocycles. The van der Waals surface area contributed by atoms with Gasteiger partial charge in [-0.2, -0.15) is 0 Å². The number of rotatable bonds is 6. The summed E-state index contributed by atoms with van der Waals surface area (Å²) in [7, 11) is -1.72. The minimum atomic E-state index is -3.47. The molecule has 0 aromatic carbocycles. The van der Waals surface area contributed by atoms with Crippen molar-refractivity contribution in [1.82, 2.24) is 19.6 Å². The summed E-state index contributed by atoms with van der Waals surface area (Å²) in [4.78, 5) is 3.86. The Morgan fingerprint density at radius 3 is 2.48 bits per heavy atom. The molecule has 0 bridgehead atoms. The molecule has 2 rings (SSSR count). The topological polar surface area (TPSA) is 76.0 Å². The fraction of sp³-hybridized carbons (Fsp3) is 0.769. The zero-order valence-electron chi connectivity index (χ0n) is 12.4. The molecule has 6 nitrogen and oxygen atoms in total. The maximum Gasteiger partial charge on any atom is 0.259 e. The number of hydrogen-bond donors (Lipinski definition) is 2. The summed E-state index contributed by atoms with van der Waals surface area (Å²) in [5.74, 6) is 0. The van der Waals surface area contributed by atoms with Crippen LogP contribution < -0.4 is 10.0 Å². The second kappa shape index (κ2) is 8.73. The van der Waals surface area contributed by atoms with E-state index in [4.69, 9.17) is 0 Å². The summed E-state index contributed by atoms with van der Waals surface area (Å²) in [6.45, 7) is 1.06. The Morgan fingerprint density at radius 1 is 1.24 bits per heavy atom. The zero-order valence-corrected chi connectivity index (χ0v) is 14.0. The third-order valence-corrected chi connectivity index (χ3v) is 5.01. The van der Waals surface area contributed by atoms with Crippen LogP contribution in [0.4, 0.5) is 0 Å². The molecule has 1 aliphatic carbocycles. The van der Waals surface area contributed by atoms with Gasteiger partial charge in [0, 0.05) is 32.4 Å². The Labute approximate surface area is 133 Å². The summed E-state index contributed by atoms with van der Waals surface area (Å²) < 4.78 is 28.1. The second-order valence-electron chi connectivity index (χ2n) is 5.42. The number of aryl methyl sites for hydroxylation is 1. The first-order chi connectivity index (χ1) is 9.58. The maximum absolute atomic E-state index is 11.9. The van der Waals surface area contributed by atoms with Gasteiger partial charge in [0.15, 0.2) is 5.03 Å². The summed E-state index contributed by atoms with van der Waals surface area (Å²) >= 11 is 0. The van der Waals surface area contributed by atoms with Gasteiger partial charge in [-0.25, -0.2) is 18.1 Å². The van der Waals surface area contributed by atoms with E-state index < -0.39 is 10.0 Å². The van der Waals surface area contributed by atoms with Gasteiger partial charge in [0.1, 0.15) is 0 Å². The normalized spacial score (nSPS) is 17.2. The van der Waals surface area contributed by atoms with Crippen LogP contribution in [-0.2, 0) is 17.1 Å². The van der Waals surface area contributed by atoms with Crippen molar-refractivity contribution >= 4 is 22.4 Å². The number of nitrogens with zero attached hydrogens (tertiary/aromatic N) is 2. The highest BCUT2D eigenvalue weighted by Gasteiger charge is 2.16. The third-order valence-electron chi connectivity index (χ3n) is 3.66. The van der Waals surface area contributed by atoms with Gasteiger partial charge < -0.3 is 9.88 Å². The molecule has 122 valence electrons. The molecule has 1 fully saturated rings. The molecule has 0 unspecified atom stereocenters. The van der Waals surface area contributed by atoms with Crippen molar-refractivity contribution in [3.63, 3.8) is 0 Å². The first kappa shape index (κ1) is 18.4. The first-order valence-electron chi connectivity index (χ1n) is 7.29. The summed E-state index contributed by atoms with van der Waals surface area (Å²) in [5.41, 5.74) is 0. The molecule has 0 spiro atoms. The molecular weight excluding hydrogens is 312 g/mol. The molecule has 1 heterocycles. The Bertz CT molecular complexity index is 510. The molecule has 21 heavy (non-hydrogen) atoms. The highest BCUT2D eigenvalue weighted by molar-refractivity contribution is 7.89. The fourth-order valence-electron chi connectivity index (χ4n) is 2.55. The van der Waals surface area contributed by atoms with E-state index in [1.165, 1.54) is 51.0 Å². The van der Waals surface area contributed by atoms with Crippen LogP contribution in [0.3, 0.4) is 0 Å². The number of nitrogens with one attached hydrogen (secondary N) is 2. The molecule has 0 amide bonds. The Kier molecular flexibility index (Phi) is 7.65. The molecule has 1 saturated carbocycles. The van der Waals surface area contributed by atoms with Crippen LogP contribution in [0.25, 0.3) is 0 Å². The molecule has 8 heteroatoms. The van der Waals surface area contributed by atoms with Gasteiger partial charge >= 0.3 is 0 Å². The molecule has 1 aliphatic rings. The molecule has 2 N–H and O–H groups in total. The van der Waals surface area contributed by atoms with Crippen molar-refractivity contribution < 1.29 is 8.42 Å². The van der Waals surface area contributed by atoms with Crippen molar-refractivity contribution in [2.24, 2.45) is 7.05 Å². The fourth-order valence-corrected chi connectivity index (χ4v) is 3.56. The minimum Gasteiger partial charge on any atom is -0.339 e. The van der Waals surface area contributed by atoms with E-state index in [-0.39, 0.29) is 17.4 Å². The zero-order chi connectivity index (χ0) is 14.4. The molecular formula is C13H25ClN4O2S. The van der Waals surface area contributed by atoms with E-state index in [1.807, 2.05) is 0 Å². The van der Waals surface area contributed by atoms with Crippen LogP contribution in [-0.4, -0.2) is 37.1 Å². The van der Waals surface area contributed by atoms with Gasteiger partial charge in [0.05, 0.1) is 6.33 Å². The molecule has 1 aromatic heterocycles. The predicted molar refractivity (Wildman–Crippen MR) is 85.1 cm³/mol. The standard InChI is InChI=1S/C13H24N4O2S.ClH/c1-17-10-13(15-11-17)20(18,19)16-9-8-14-12-6-4-2-3-5-7-12;/h10-12,14,16H,2-9H2,1H3;1H. The lowest BCUT2D eigenvalue weighted by atomic mass is 10.1. The average Bonchev–Trinajstić information content (AvgIpc) is 2.70. The number of sulfonamides is 1. The minimum absolute atomic E-state index is 0. The van der Waals surface area contributed by atoms with Gasteiger partial charge in [-0.15, -0.1) is 12.4 Å². The van der Waals surface area contributed by atoms with E-state index in [9.17, 15) is 8.42 Å². The van der Waals surface area contributed by atoms with Gasteiger partial charge in [0.2, 0.25) is 0 Å². The summed E-state index contributed by atoms with van der Waals surface area (Å²) in [5, 5.41) is 3.52. The molecule has 0 radical (unpaired) electrons. The third kappa shape index (κ3) is 5.94. The Hall–Kier alpha value is -0.630. The van der Waals surface area contributed by atoms with Crippen LogP contribution >= 0.6 is 12.4 Å². The van der Waals surface area contributed by atoms with Crippen LogP contribution in [0.2, 0.25) is 0 Å². The van der Waals surface area contributed by atoms with Gasteiger partial charge in [-0.3, -0.25) is 0 Å². The summed E-state index contributed by atoms with van der Waals surface area (Å²) in [6.07, 6.45) is 10.6. The van der Waals surface area contributed by atoms with E-state index in [0.717, 1.165) is 0 Å². The van der Waals surface area contributed by atoms with E-state index in [1.54, 1.807) is 11.6 Å². The summed E-state index contributed by atoms with van der Waals surface area (Å²) in [6, 6.07) is 0.539. The molecule has 0 aliphatic heterocycles. The van der Waals surface area contributed by atoms with Crippen LogP contribution in [0.15, 0.2) is 17.6 Å². The van der Waals surface area contributed by atoms with Gasteiger partial charge in [-0.1, -0.05) is 25.7 Å². The smallest absolute Gasteiger partial charge is 0.259 e. The van der Waals surface area contributed by atoms with Crippen LogP contribution in [0.1, 0.15) is 38.5 Å². The van der Waals surface area contributed by atoms with Crippen molar-refractivity contribution in [3.05, 3.63) is 12.5 Å².